The topological polar surface area (TPSA) is 87.2 Å². The van der Waals surface area contributed by atoms with Crippen LogP contribution in [0.1, 0.15) is 17.1 Å². The van der Waals surface area contributed by atoms with E-state index in [9.17, 15) is 8.78 Å². The lowest BCUT2D eigenvalue weighted by atomic mass is 10.3. The molecular weight excluding hydrogens is 637 g/mol. The van der Waals surface area contributed by atoms with Crippen molar-refractivity contribution >= 4 is 22.6 Å². The van der Waals surface area contributed by atoms with Gasteiger partial charge in [0, 0.05) is 37.2 Å². The van der Waals surface area contributed by atoms with E-state index in [0.29, 0.717) is 17.1 Å². The molecule has 0 unspecified atom stereocenters. The monoisotopic (exact) mass is 656 g/mol. The van der Waals surface area contributed by atoms with E-state index in [4.69, 9.17) is 6.42 Å². The molecule has 8 nitrogen and oxygen atoms in total. The largest absolute Gasteiger partial charge is 0.260 e. The second kappa shape index (κ2) is 14.8. The fraction of sp³-hybridized carbons (Fsp3) is 0. The predicted octanol–water partition coefficient (Wildman–Crippen LogP) is 5.28. The Hall–Kier alpha value is -5.27. The van der Waals surface area contributed by atoms with Gasteiger partial charge in [-0.1, -0.05) is 0 Å². The summed E-state index contributed by atoms with van der Waals surface area (Å²) >= 11 is 2.13. The fourth-order valence-electron chi connectivity index (χ4n) is 3.03. The van der Waals surface area contributed by atoms with E-state index in [1.807, 2.05) is 12.3 Å². The lowest BCUT2D eigenvalue weighted by molar-refractivity contribution is 0.626. The predicted molar refractivity (Wildman–Crippen MR) is 158 cm³/mol. The number of halogens is 3. The van der Waals surface area contributed by atoms with Gasteiger partial charge < -0.3 is 0 Å². The van der Waals surface area contributed by atoms with Gasteiger partial charge in [0.2, 0.25) is 0 Å². The van der Waals surface area contributed by atoms with Gasteiger partial charge in [0.25, 0.3) is 0 Å². The highest BCUT2D eigenvalue weighted by Gasteiger charge is 2.00. The van der Waals surface area contributed by atoms with E-state index in [-0.39, 0.29) is 11.6 Å². The number of hydrogen-bond acceptors (Lipinski definition) is 6. The van der Waals surface area contributed by atoms with Crippen LogP contribution >= 0.6 is 22.6 Å². The van der Waals surface area contributed by atoms with Gasteiger partial charge in [0.05, 0.1) is 23.8 Å². The maximum absolute atomic E-state index is 12.9. The molecule has 6 rings (SSSR count). The summed E-state index contributed by atoms with van der Waals surface area (Å²) in [5, 5.41) is 8.49. The van der Waals surface area contributed by atoms with Crippen LogP contribution in [0.3, 0.4) is 0 Å². The highest BCUT2D eigenvalue weighted by atomic mass is 127. The summed E-state index contributed by atoms with van der Waals surface area (Å²) in [6.45, 7) is 0. The van der Waals surface area contributed by atoms with Crippen LogP contribution in [0.15, 0.2) is 110 Å². The summed E-state index contributed by atoms with van der Waals surface area (Å²) in [6, 6.07) is 16.0. The van der Waals surface area contributed by atoms with Gasteiger partial charge in [-0.2, -0.15) is 10.2 Å². The van der Waals surface area contributed by atoms with Crippen LogP contribution < -0.4 is 0 Å². The van der Waals surface area contributed by atoms with Crippen molar-refractivity contribution in [3.8, 4) is 35.6 Å². The Kier molecular flexibility index (Phi) is 10.3. The Labute approximate surface area is 248 Å². The van der Waals surface area contributed by atoms with E-state index < -0.39 is 0 Å². The normalized spacial score (nSPS) is 9.61. The molecule has 6 aromatic rings. The van der Waals surface area contributed by atoms with Gasteiger partial charge in [-0.3, -0.25) is 9.97 Å². The van der Waals surface area contributed by atoms with E-state index in [1.165, 1.54) is 24.3 Å². The molecule has 11 heteroatoms. The second-order valence-electron chi connectivity index (χ2n) is 7.76. The summed E-state index contributed by atoms with van der Waals surface area (Å²) in [5.74, 6) is 7.63. The molecule has 0 atom stereocenters. The van der Waals surface area contributed by atoms with Crippen LogP contribution in [0.25, 0.3) is 11.4 Å². The first-order valence-corrected chi connectivity index (χ1v) is 12.9. The molecule has 41 heavy (non-hydrogen) atoms. The lowest BCUT2D eigenvalue weighted by Gasteiger charge is -1.99. The SMILES string of the molecule is C#Cc1cnccn1.Fc1ccc(-n2ccc(C#Cc3cnccn3)n2)cc1.Fc1ccc(-n2ccc(I)n2)cc1. The highest BCUT2D eigenvalue weighted by molar-refractivity contribution is 14.1. The molecule has 2 aromatic carbocycles. The van der Waals surface area contributed by atoms with Crippen molar-refractivity contribution in [2.75, 3.05) is 0 Å². The van der Waals surface area contributed by atoms with Crippen molar-refractivity contribution in [3.05, 3.63) is 143 Å². The Balaban J connectivity index is 0.000000158. The average Bonchev–Trinajstić information content (AvgIpc) is 3.68. The second-order valence-corrected chi connectivity index (χ2v) is 8.86. The molecule has 0 aliphatic rings. The van der Waals surface area contributed by atoms with Crippen LogP contribution in [-0.2, 0) is 0 Å². The van der Waals surface area contributed by atoms with Crippen LogP contribution in [0.4, 0.5) is 8.78 Å². The summed E-state index contributed by atoms with van der Waals surface area (Å²) in [5.41, 5.74) is 3.42. The minimum absolute atomic E-state index is 0.231. The summed E-state index contributed by atoms with van der Waals surface area (Å²) in [6.07, 6.45) is 18.1. The first-order chi connectivity index (χ1) is 20.0. The van der Waals surface area contributed by atoms with Crippen molar-refractivity contribution in [1.29, 1.82) is 0 Å². The van der Waals surface area contributed by atoms with Gasteiger partial charge in [-0.15, -0.1) is 6.42 Å². The van der Waals surface area contributed by atoms with Crippen LogP contribution in [-0.4, -0.2) is 39.5 Å². The third-order valence-corrected chi connectivity index (χ3v) is 5.50. The Morgan fingerprint density at radius 3 is 1.59 bits per heavy atom. The molecule has 0 aliphatic carbocycles. The molecule has 0 radical (unpaired) electrons. The molecule has 0 amide bonds. The maximum Gasteiger partial charge on any atom is 0.136 e. The summed E-state index contributed by atoms with van der Waals surface area (Å²) < 4.78 is 29.7. The van der Waals surface area contributed by atoms with Gasteiger partial charge in [-0.05, 0) is 101 Å². The van der Waals surface area contributed by atoms with Crippen molar-refractivity contribution in [3.63, 3.8) is 0 Å². The van der Waals surface area contributed by atoms with E-state index in [0.717, 1.165) is 15.1 Å². The quantitative estimate of drug-likeness (QED) is 0.187. The van der Waals surface area contributed by atoms with Crippen LogP contribution in [0.5, 0.6) is 0 Å². The van der Waals surface area contributed by atoms with Crippen molar-refractivity contribution in [2.24, 2.45) is 0 Å². The molecule has 200 valence electrons. The fourth-order valence-corrected chi connectivity index (χ4v) is 3.43. The zero-order valence-electron chi connectivity index (χ0n) is 21.2. The van der Waals surface area contributed by atoms with Crippen LogP contribution in [0.2, 0.25) is 0 Å². The Morgan fingerprint density at radius 1 is 0.610 bits per heavy atom. The lowest BCUT2D eigenvalue weighted by Crippen LogP contribution is -1.94. The average molecular weight is 656 g/mol. The molecule has 4 aromatic heterocycles. The molecule has 0 aliphatic heterocycles. The zero-order valence-corrected chi connectivity index (χ0v) is 23.3. The highest BCUT2D eigenvalue weighted by Crippen LogP contribution is 2.10. The smallest absolute Gasteiger partial charge is 0.136 e. The van der Waals surface area contributed by atoms with Crippen LogP contribution in [0, 0.1) is 39.5 Å². The standard InChI is InChI=1S/C15H9FN4.C9H6FIN2.C6H4N2/c16-12-1-5-15(6-2-12)20-10-7-13(19-20)3-4-14-11-17-8-9-18-14;10-7-1-3-8(4-2-7)13-6-5-9(11)12-13;1-2-6-5-7-3-4-8-6/h1-2,5-11H;1-6H;1,3-5H. The van der Waals surface area contributed by atoms with Gasteiger partial charge in [0.1, 0.15) is 32.4 Å². The minimum atomic E-state index is -0.274. The number of nitrogens with zero attached hydrogens (tertiary/aromatic N) is 8. The van der Waals surface area contributed by atoms with E-state index >= 15 is 0 Å². The van der Waals surface area contributed by atoms with Crippen molar-refractivity contribution in [1.82, 2.24) is 39.5 Å². The van der Waals surface area contributed by atoms with Gasteiger partial charge in [-0.25, -0.2) is 28.1 Å². The molecule has 0 fully saturated rings. The number of aromatic nitrogens is 8. The first-order valence-electron chi connectivity index (χ1n) is 11.8. The first kappa shape index (κ1) is 28.7. The minimum Gasteiger partial charge on any atom is -0.260 e. The van der Waals surface area contributed by atoms with Gasteiger partial charge in [0.15, 0.2) is 0 Å². The van der Waals surface area contributed by atoms with Crippen molar-refractivity contribution in [2.45, 2.75) is 0 Å². The molecule has 0 N–H and O–H groups in total. The summed E-state index contributed by atoms with van der Waals surface area (Å²) in [4.78, 5) is 15.5. The van der Waals surface area contributed by atoms with E-state index in [1.54, 1.807) is 83.1 Å². The van der Waals surface area contributed by atoms with E-state index in [2.05, 4.69) is 70.5 Å². The number of rotatable bonds is 2. The van der Waals surface area contributed by atoms with Crippen molar-refractivity contribution < 1.29 is 8.78 Å². The summed E-state index contributed by atoms with van der Waals surface area (Å²) in [7, 11) is 0. The third kappa shape index (κ3) is 9.16. The maximum atomic E-state index is 12.9. The molecule has 0 saturated heterocycles. The number of terminal acetylenes is 1. The number of benzene rings is 2. The Bertz CT molecular complexity index is 1770. The molecule has 0 spiro atoms. The van der Waals surface area contributed by atoms with Gasteiger partial charge >= 0.3 is 0 Å². The third-order valence-electron chi connectivity index (χ3n) is 4.92. The molecular formula is C30H19F2IN8. The number of hydrogen-bond donors (Lipinski definition) is 0. The molecule has 0 bridgehead atoms. The zero-order chi connectivity index (χ0) is 28.9. The Morgan fingerprint density at radius 2 is 1.12 bits per heavy atom. The molecule has 4 heterocycles. The molecule has 0 saturated carbocycles.